The van der Waals surface area contributed by atoms with Gasteiger partial charge < -0.3 is 25.2 Å². The van der Waals surface area contributed by atoms with Gasteiger partial charge in [-0.05, 0) is 66.6 Å². The van der Waals surface area contributed by atoms with Gasteiger partial charge in [0, 0.05) is 24.7 Å². The summed E-state index contributed by atoms with van der Waals surface area (Å²) in [7, 11) is 0. The molecule has 0 unspecified atom stereocenters. The second kappa shape index (κ2) is 9.55. The number of aliphatic hydroxyl groups excluding tert-OH is 1. The van der Waals surface area contributed by atoms with E-state index in [4.69, 9.17) is 11.6 Å². The fourth-order valence-electron chi connectivity index (χ4n) is 5.05. The van der Waals surface area contributed by atoms with Crippen molar-refractivity contribution < 1.29 is 19.1 Å². The summed E-state index contributed by atoms with van der Waals surface area (Å²) in [5, 5.41) is 13.7. The van der Waals surface area contributed by atoms with E-state index in [9.17, 15) is 23.9 Å². The SMILES string of the molecule is C[C@H]1c2ccc(Cl)cc2CCN1C(=O)CNc1cc2cc(C(=O)N3CC[C@H](O)C3)[nH]c(=O)c2cc1F. The number of carbonyl (C=O) groups excluding carboxylic acids is 2. The number of fused-ring (bicyclic) bond motifs is 2. The number of pyridine rings is 1. The Balaban J connectivity index is 1.34. The number of aromatic nitrogens is 1. The minimum absolute atomic E-state index is 0.0632. The number of benzene rings is 2. The Morgan fingerprint density at radius 2 is 2.03 bits per heavy atom. The van der Waals surface area contributed by atoms with Crippen molar-refractivity contribution in [1.29, 1.82) is 0 Å². The second-order valence-corrected chi connectivity index (χ2v) is 9.77. The zero-order valence-corrected chi connectivity index (χ0v) is 20.4. The molecule has 3 N–H and O–H groups in total. The first-order valence-corrected chi connectivity index (χ1v) is 12.2. The number of β-amino-alcohol motifs (C(OH)–C–C–N with tert-alkyl or cyclic N) is 1. The molecule has 0 saturated carbocycles. The van der Waals surface area contributed by atoms with Gasteiger partial charge in [0.2, 0.25) is 5.91 Å². The minimum Gasteiger partial charge on any atom is -0.391 e. The van der Waals surface area contributed by atoms with Gasteiger partial charge >= 0.3 is 0 Å². The summed E-state index contributed by atoms with van der Waals surface area (Å²) in [6, 6.07) is 9.53. The summed E-state index contributed by atoms with van der Waals surface area (Å²) in [6.45, 7) is 2.94. The lowest BCUT2D eigenvalue weighted by Gasteiger charge is -2.35. The Labute approximate surface area is 211 Å². The van der Waals surface area contributed by atoms with Crippen molar-refractivity contribution in [2.75, 3.05) is 31.5 Å². The molecule has 0 bridgehead atoms. The number of anilines is 1. The maximum atomic E-state index is 14.8. The van der Waals surface area contributed by atoms with E-state index in [2.05, 4.69) is 10.3 Å². The Hall–Kier alpha value is -3.43. The van der Waals surface area contributed by atoms with Gasteiger partial charge in [-0.1, -0.05) is 17.7 Å². The van der Waals surface area contributed by atoms with Crippen LogP contribution >= 0.6 is 11.6 Å². The quantitative estimate of drug-likeness (QED) is 0.498. The average Bonchev–Trinajstić information content (AvgIpc) is 3.28. The summed E-state index contributed by atoms with van der Waals surface area (Å²) in [5.41, 5.74) is 1.70. The molecule has 1 fully saturated rings. The van der Waals surface area contributed by atoms with Crippen molar-refractivity contribution >= 4 is 39.9 Å². The Morgan fingerprint density at radius 3 is 2.78 bits per heavy atom. The van der Waals surface area contributed by atoms with Crippen LogP contribution in [0.4, 0.5) is 10.1 Å². The molecule has 0 spiro atoms. The molecular weight excluding hydrogens is 487 g/mol. The molecule has 2 aliphatic rings. The topological polar surface area (TPSA) is 106 Å². The van der Waals surface area contributed by atoms with Crippen LogP contribution in [0.15, 0.2) is 41.2 Å². The maximum Gasteiger partial charge on any atom is 0.270 e. The second-order valence-electron chi connectivity index (χ2n) is 9.33. The van der Waals surface area contributed by atoms with Crippen LogP contribution < -0.4 is 10.9 Å². The molecule has 1 aromatic heterocycles. The number of aliphatic hydroxyl groups is 1. The van der Waals surface area contributed by atoms with Gasteiger partial charge in [0.15, 0.2) is 0 Å². The van der Waals surface area contributed by atoms with E-state index in [1.54, 1.807) is 11.0 Å². The van der Waals surface area contributed by atoms with Crippen molar-refractivity contribution in [1.82, 2.24) is 14.8 Å². The van der Waals surface area contributed by atoms with Gasteiger partial charge in [-0.15, -0.1) is 0 Å². The minimum atomic E-state index is -0.672. The highest BCUT2D eigenvalue weighted by Crippen LogP contribution is 2.31. The van der Waals surface area contributed by atoms with Crippen LogP contribution in [-0.4, -0.2) is 64.0 Å². The van der Waals surface area contributed by atoms with Crippen molar-refractivity contribution in [3.8, 4) is 0 Å². The predicted molar refractivity (Wildman–Crippen MR) is 135 cm³/mol. The summed E-state index contributed by atoms with van der Waals surface area (Å²) in [4.78, 5) is 44.0. The number of nitrogens with zero attached hydrogens (tertiary/aromatic N) is 2. The van der Waals surface area contributed by atoms with Crippen LogP contribution in [0.1, 0.15) is 41.0 Å². The monoisotopic (exact) mass is 512 g/mol. The summed E-state index contributed by atoms with van der Waals surface area (Å²) in [5.74, 6) is -1.26. The van der Waals surface area contributed by atoms with Gasteiger partial charge in [-0.2, -0.15) is 0 Å². The number of hydrogen-bond donors (Lipinski definition) is 3. The third-order valence-electron chi connectivity index (χ3n) is 7.01. The molecule has 0 aliphatic carbocycles. The fourth-order valence-corrected chi connectivity index (χ4v) is 5.24. The van der Waals surface area contributed by atoms with Crippen molar-refractivity contribution in [3.05, 3.63) is 74.4 Å². The number of amides is 2. The zero-order valence-electron chi connectivity index (χ0n) is 19.7. The lowest BCUT2D eigenvalue weighted by atomic mass is 9.93. The Bertz CT molecular complexity index is 1430. The highest BCUT2D eigenvalue weighted by atomic mass is 35.5. The van der Waals surface area contributed by atoms with Crippen molar-refractivity contribution in [2.45, 2.75) is 31.9 Å². The van der Waals surface area contributed by atoms with E-state index in [1.165, 1.54) is 17.0 Å². The van der Waals surface area contributed by atoms with Gasteiger partial charge in [-0.25, -0.2) is 4.39 Å². The fraction of sp³-hybridized carbons (Fsp3) is 0.346. The van der Waals surface area contributed by atoms with Gasteiger partial charge in [-0.3, -0.25) is 14.4 Å². The van der Waals surface area contributed by atoms with E-state index < -0.39 is 23.4 Å². The van der Waals surface area contributed by atoms with Gasteiger partial charge in [0.05, 0.1) is 29.8 Å². The van der Waals surface area contributed by atoms with E-state index >= 15 is 0 Å². The molecule has 10 heteroatoms. The molecular formula is C26H26ClFN4O4. The number of nitrogens with one attached hydrogen (secondary N) is 2. The highest BCUT2D eigenvalue weighted by molar-refractivity contribution is 6.30. The zero-order chi connectivity index (χ0) is 25.6. The third kappa shape index (κ3) is 4.56. The van der Waals surface area contributed by atoms with Crippen molar-refractivity contribution in [3.63, 3.8) is 0 Å². The molecule has 0 radical (unpaired) electrons. The lowest BCUT2D eigenvalue weighted by Crippen LogP contribution is -2.41. The molecule has 2 atom stereocenters. The first kappa shape index (κ1) is 24.3. The van der Waals surface area contributed by atoms with Crippen LogP contribution in [0.2, 0.25) is 5.02 Å². The molecule has 2 aliphatic heterocycles. The summed E-state index contributed by atoms with van der Waals surface area (Å²) in [6.07, 6.45) is 0.577. The lowest BCUT2D eigenvalue weighted by molar-refractivity contribution is -0.131. The molecule has 2 amide bonds. The van der Waals surface area contributed by atoms with Crippen LogP contribution in [0.5, 0.6) is 0 Å². The standard InChI is InChI=1S/C26H26ClFN4O4/c1-14-19-3-2-17(27)8-15(19)4-7-32(14)24(34)12-29-22-9-16-10-23(26(36)31-6-5-18(33)13-31)30-25(35)20(16)11-21(22)28/h2-3,8-11,14,18,29,33H,4-7,12-13H2,1H3,(H,30,35)/t14-,18-/m0/s1. The molecule has 5 rings (SSSR count). The van der Waals surface area contributed by atoms with E-state index in [1.807, 2.05) is 19.1 Å². The number of H-pyrrole nitrogens is 1. The molecule has 188 valence electrons. The normalized spacial score (nSPS) is 19.4. The Kier molecular flexibility index (Phi) is 6.44. The first-order chi connectivity index (χ1) is 17.2. The van der Waals surface area contributed by atoms with Gasteiger partial charge in [0.25, 0.3) is 11.5 Å². The van der Waals surface area contributed by atoms with E-state index in [0.29, 0.717) is 36.3 Å². The molecule has 3 heterocycles. The van der Waals surface area contributed by atoms with Crippen molar-refractivity contribution in [2.24, 2.45) is 0 Å². The molecule has 8 nitrogen and oxygen atoms in total. The number of rotatable bonds is 4. The smallest absolute Gasteiger partial charge is 0.270 e. The number of likely N-dealkylation sites (tertiary alicyclic amines) is 1. The van der Waals surface area contributed by atoms with Gasteiger partial charge in [0.1, 0.15) is 11.5 Å². The number of aromatic amines is 1. The molecule has 1 saturated heterocycles. The Morgan fingerprint density at radius 1 is 1.22 bits per heavy atom. The van der Waals surface area contributed by atoms with Crippen LogP contribution in [0, 0.1) is 5.82 Å². The number of halogens is 2. The largest absolute Gasteiger partial charge is 0.391 e. The third-order valence-corrected chi connectivity index (χ3v) is 7.24. The number of carbonyl (C=O) groups is 2. The van der Waals surface area contributed by atoms with E-state index in [-0.39, 0.29) is 41.8 Å². The molecule has 36 heavy (non-hydrogen) atoms. The number of hydrogen-bond acceptors (Lipinski definition) is 5. The average molecular weight is 513 g/mol. The van der Waals surface area contributed by atoms with Crippen LogP contribution in [0.3, 0.4) is 0 Å². The highest BCUT2D eigenvalue weighted by Gasteiger charge is 2.28. The molecule has 2 aromatic carbocycles. The summed E-state index contributed by atoms with van der Waals surface area (Å²) < 4.78 is 14.8. The molecule has 3 aromatic rings. The van der Waals surface area contributed by atoms with E-state index in [0.717, 1.165) is 17.2 Å². The summed E-state index contributed by atoms with van der Waals surface area (Å²) >= 11 is 6.09. The van der Waals surface area contributed by atoms with Crippen LogP contribution in [-0.2, 0) is 11.2 Å². The predicted octanol–water partition coefficient (Wildman–Crippen LogP) is 3.09. The first-order valence-electron chi connectivity index (χ1n) is 11.9. The van der Waals surface area contributed by atoms with Crippen LogP contribution in [0.25, 0.3) is 10.8 Å². The maximum absolute atomic E-state index is 14.8.